The van der Waals surface area contributed by atoms with Gasteiger partial charge in [0.05, 0.1) is 18.6 Å². The van der Waals surface area contributed by atoms with Crippen molar-refractivity contribution in [3.05, 3.63) is 34.9 Å². The average molecular weight is 205 g/mol. The van der Waals surface area contributed by atoms with Crippen molar-refractivity contribution in [3.8, 4) is 6.07 Å². The third-order valence-electron chi connectivity index (χ3n) is 2.54. The molecule has 0 aromatic heterocycles. The third kappa shape index (κ3) is 2.79. The molecular formula is C12H15NO2. The van der Waals surface area contributed by atoms with Gasteiger partial charge < -0.3 is 10.2 Å². The molecule has 2 atom stereocenters. The number of aliphatic hydroxyl groups excluding tert-OH is 2. The molecule has 1 aromatic carbocycles. The Morgan fingerprint density at radius 1 is 1.27 bits per heavy atom. The van der Waals surface area contributed by atoms with E-state index < -0.39 is 12.2 Å². The molecule has 0 amide bonds. The monoisotopic (exact) mass is 205 g/mol. The highest BCUT2D eigenvalue weighted by molar-refractivity contribution is 5.31. The van der Waals surface area contributed by atoms with Gasteiger partial charge in [0, 0.05) is 0 Å². The Labute approximate surface area is 89.6 Å². The second kappa shape index (κ2) is 4.92. The first kappa shape index (κ1) is 11.7. The SMILES string of the molecule is Cc1ccc(C(O)C(O)CC#N)cc1C. The van der Waals surface area contributed by atoms with Crippen molar-refractivity contribution in [2.45, 2.75) is 32.5 Å². The van der Waals surface area contributed by atoms with E-state index in [0.717, 1.165) is 11.1 Å². The first-order valence-corrected chi connectivity index (χ1v) is 4.86. The van der Waals surface area contributed by atoms with Crippen LogP contribution in [0.25, 0.3) is 0 Å². The molecule has 0 heterocycles. The summed E-state index contributed by atoms with van der Waals surface area (Å²) in [5.41, 5.74) is 2.86. The van der Waals surface area contributed by atoms with E-state index >= 15 is 0 Å². The molecule has 15 heavy (non-hydrogen) atoms. The fraction of sp³-hybridized carbons (Fsp3) is 0.417. The minimum Gasteiger partial charge on any atom is -0.389 e. The number of aliphatic hydroxyl groups is 2. The zero-order valence-electron chi connectivity index (χ0n) is 8.94. The third-order valence-corrected chi connectivity index (χ3v) is 2.54. The maximum atomic E-state index is 9.73. The molecule has 0 fully saturated rings. The van der Waals surface area contributed by atoms with Crippen LogP contribution in [0.3, 0.4) is 0 Å². The van der Waals surface area contributed by atoms with Gasteiger partial charge in [0.15, 0.2) is 0 Å². The summed E-state index contributed by atoms with van der Waals surface area (Å²) in [5, 5.41) is 27.6. The maximum absolute atomic E-state index is 9.73. The van der Waals surface area contributed by atoms with Gasteiger partial charge in [-0.2, -0.15) is 5.26 Å². The number of rotatable bonds is 3. The molecular weight excluding hydrogens is 190 g/mol. The van der Waals surface area contributed by atoms with Crippen LogP contribution in [-0.2, 0) is 0 Å². The van der Waals surface area contributed by atoms with Crippen LogP contribution in [0.1, 0.15) is 29.2 Å². The first-order chi connectivity index (χ1) is 7.06. The summed E-state index contributed by atoms with van der Waals surface area (Å²) in [5.74, 6) is 0. The van der Waals surface area contributed by atoms with E-state index in [1.54, 1.807) is 6.07 Å². The van der Waals surface area contributed by atoms with Gasteiger partial charge in [0.25, 0.3) is 0 Å². The van der Waals surface area contributed by atoms with Gasteiger partial charge in [-0.3, -0.25) is 0 Å². The van der Waals surface area contributed by atoms with Crippen LogP contribution in [0.15, 0.2) is 18.2 Å². The van der Waals surface area contributed by atoms with Crippen LogP contribution in [0.2, 0.25) is 0 Å². The van der Waals surface area contributed by atoms with Crippen molar-refractivity contribution < 1.29 is 10.2 Å². The molecule has 0 bridgehead atoms. The molecule has 1 rings (SSSR count). The van der Waals surface area contributed by atoms with Crippen molar-refractivity contribution >= 4 is 0 Å². The smallest absolute Gasteiger partial charge is 0.106 e. The van der Waals surface area contributed by atoms with Crippen molar-refractivity contribution in [1.82, 2.24) is 0 Å². The molecule has 3 nitrogen and oxygen atoms in total. The number of aryl methyl sites for hydroxylation is 2. The van der Waals surface area contributed by atoms with Crippen molar-refractivity contribution in [2.75, 3.05) is 0 Å². The number of hydrogen-bond donors (Lipinski definition) is 2. The average Bonchev–Trinajstić information content (AvgIpc) is 2.21. The van der Waals surface area contributed by atoms with Gasteiger partial charge in [-0.25, -0.2) is 0 Å². The fourth-order valence-electron chi connectivity index (χ4n) is 1.38. The first-order valence-electron chi connectivity index (χ1n) is 4.86. The second-order valence-electron chi connectivity index (χ2n) is 3.72. The summed E-state index contributed by atoms with van der Waals surface area (Å²) in [6, 6.07) is 7.34. The molecule has 0 radical (unpaired) electrons. The van der Waals surface area contributed by atoms with Crippen LogP contribution in [0, 0.1) is 25.2 Å². The summed E-state index contributed by atoms with van der Waals surface area (Å²) < 4.78 is 0. The summed E-state index contributed by atoms with van der Waals surface area (Å²) in [6.45, 7) is 3.93. The van der Waals surface area contributed by atoms with E-state index in [1.165, 1.54) is 0 Å². The number of nitriles is 1. The Kier molecular flexibility index (Phi) is 3.84. The normalized spacial score (nSPS) is 14.3. The second-order valence-corrected chi connectivity index (χ2v) is 3.72. The Morgan fingerprint density at radius 2 is 1.93 bits per heavy atom. The Morgan fingerprint density at radius 3 is 2.47 bits per heavy atom. The highest BCUT2D eigenvalue weighted by Gasteiger charge is 2.18. The van der Waals surface area contributed by atoms with Gasteiger partial charge >= 0.3 is 0 Å². The molecule has 2 N–H and O–H groups in total. The van der Waals surface area contributed by atoms with E-state index in [0.29, 0.717) is 5.56 Å². The molecule has 0 aliphatic heterocycles. The highest BCUT2D eigenvalue weighted by atomic mass is 16.3. The van der Waals surface area contributed by atoms with Crippen LogP contribution < -0.4 is 0 Å². The Bertz CT molecular complexity index is 382. The van der Waals surface area contributed by atoms with Crippen LogP contribution in [-0.4, -0.2) is 16.3 Å². The predicted octanol–water partition coefficient (Wildman–Crippen LogP) is 1.61. The minimum absolute atomic E-state index is 0.0614. The maximum Gasteiger partial charge on any atom is 0.106 e. The van der Waals surface area contributed by atoms with Crippen LogP contribution >= 0.6 is 0 Å². The summed E-state index contributed by atoms with van der Waals surface area (Å²) in [6.07, 6.45) is -2.06. The van der Waals surface area contributed by atoms with Crippen molar-refractivity contribution in [2.24, 2.45) is 0 Å². The Hall–Kier alpha value is -1.37. The molecule has 3 heteroatoms. The van der Waals surface area contributed by atoms with Crippen molar-refractivity contribution in [1.29, 1.82) is 5.26 Å². The zero-order valence-corrected chi connectivity index (χ0v) is 8.94. The van der Waals surface area contributed by atoms with Gasteiger partial charge in [-0.15, -0.1) is 0 Å². The predicted molar refractivity (Wildman–Crippen MR) is 57.1 cm³/mol. The molecule has 1 aromatic rings. The largest absolute Gasteiger partial charge is 0.389 e. The Balaban J connectivity index is 2.87. The lowest BCUT2D eigenvalue weighted by molar-refractivity contribution is 0.0216. The molecule has 0 saturated carbocycles. The lowest BCUT2D eigenvalue weighted by Crippen LogP contribution is -2.17. The van der Waals surface area contributed by atoms with E-state index in [2.05, 4.69) is 0 Å². The zero-order chi connectivity index (χ0) is 11.4. The molecule has 0 aliphatic rings. The summed E-state index contributed by atoms with van der Waals surface area (Å²) >= 11 is 0. The van der Waals surface area contributed by atoms with E-state index in [4.69, 9.17) is 5.26 Å². The fourth-order valence-corrected chi connectivity index (χ4v) is 1.38. The van der Waals surface area contributed by atoms with Gasteiger partial charge in [-0.05, 0) is 30.5 Å². The van der Waals surface area contributed by atoms with Crippen LogP contribution in [0.4, 0.5) is 0 Å². The van der Waals surface area contributed by atoms with Gasteiger partial charge in [0.1, 0.15) is 6.10 Å². The summed E-state index contributed by atoms with van der Waals surface area (Å²) in [7, 11) is 0. The lowest BCUT2D eigenvalue weighted by Gasteiger charge is -2.16. The van der Waals surface area contributed by atoms with Gasteiger partial charge in [-0.1, -0.05) is 18.2 Å². The lowest BCUT2D eigenvalue weighted by atomic mass is 9.98. The molecule has 2 unspecified atom stereocenters. The number of benzene rings is 1. The molecule has 0 spiro atoms. The molecule has 80 valence electrons. The van der Waals surface area contributed by atoms with E-state index in [9.17, 15) is 10.2 Å². The van der Waals surface area contributed by atoms with E-state index in [1.807, 2.05) is 32.0 Å². The summed E-state index contributed by atoms with van der Waals surface area (Å²) in [4.78, 5) is 0. The molecule has 0 aliphatic carbocycles. The van der Waals surface area contributed by atoms with E-state index in [-0.39, 0.29) is 6.42 Å². The van der Waals surface area contributed by atoms with Gasteiger partial charge in [0.2, 0.25) is 0 Å². The standard InChI is InChI=1S/C12H15NO2/c1-8-3-4-10(7-9(8)2)12(15)11(14)5-6-13/h3-4,7,11-12,14-15H,5H2,1-2H3. The highest BCUT2D eigenvalue weighted by Crippen LogP contribution is 2.21. The van der Waals surface area contributed by atoms with Crippen molar-refractivity contribution in [3.63, 3.8) is 0 Å². The number of hydrogen-bond acceptors (Lipinski definition) is 3. The molecule has 0 saturated heterocycles. The quantitative estimate of drug-likeness (QED) is 0.788. The van der Waals surface area contributed by atoms with Crippen LogP contribution in [0.5, 0.6) is 0 Å². The topological polar surface area (TPSA) is 64.2 Å². The number of nitrogens with zero attached hydrogens (tertiary/aromatic N) is 1. The minimum atomic E-state index is -1.02.